The van der Waals surface area contributed by atoms with Crippen molar-refractivity contribution in [2.75, 3.05) is 5.32 Å². The monoisotopic (exact) mass is 529 g/mol. The Hall–Kier alpha value is -2.68. The molecule has 0 spiro atoms. The van der Waals surface area contributed by atoms with Gasteiger partial charge in [-0.2, -0.15) is 0 Å². The molecule has 35 heavy (non-hydrogen) atoms. The van der Waals surface area contributed by atoms with Gasteiger partial charge in [0.1, 0.15) is 10.8 Å². The van der Waals surface area contributed by atoms with Crippen LogP contribution in [0.4, 0.5) is 5.00 Å². The van der Waals surface area contributed by atoms with Crippen molar-refractivity contribution in [3.63, 3.8) is 0 Å². The molecule has 1 aliphatic carbocycles. The Bertz CT molecular complexity index is 1320. The number of fused-ring (bicyclic) bond motifs is 1. The molecule has 0 radical (unpaired) electrons. The third kappa shape index (κ3) is 5.44. The van der Waals surface area contributed by atoms with E-state index in [0.717, 1.165) is 40.8 Å². The second-order valence-electron chi connectivity index (χ2n) is 9.91. The van der Waals surface area contributed by atoms with E-state index >= 15 is 0 Å². The van der Waals surface area contributed by atoms with E-state index in [4.69, 9.17) is 34.0 Å². The highest BCUT2D eigenvalue weighted by Gasteiger charge is 2.33. The molecule has 0 bridgehead atoms. The van der Waals surface area contributed by atoms with Crippen LogP contribution in [0, 0.1) is 18.3 Å². The largest absolute Gasteiger partial charge is 0.451 e. The lowest BCUT2D eigenvalue weighted by atomic mass is 9.72. The van der Waals surface area contributed by atoms with Crippen molar-refractivity contribution in [2.45, 2.75) is 47.0 Å². The van der Waals surface area contributed by atoms with E-state index in [1.807, 2.05) is 19.1 Å². The van der Waals surface area contributed by atoms with Gasteiger partial charge in [0.15, 0.2) is 10.9 Å². The average Bonchev–Trinajstić information content (AvgIpc) is 3.39. The number of thiocarbonyl (C=S) groups is 1. The Labute approximate surface area is 219 Å². The first kappa shape index (κ1) is 25.4. The van der Waals surface area contributed by atoms with Gasteiger partial charge in [-0.05, 0) is 79.1 Å². The smallest absolute Gasteiger partial charge is 0.293 e. The van der Waals surface area contributed by atoms with Gasteiger partial charge >= 0.3 is 0 Å². The maximum atomic E-state index is 12.7. The van der Waals surface area contributed by atoms with Crippen LogP contribution in [-0.2, 0) is 12.8 Å². The normalized spacial score (nSPS) is 15.4. The van der Waals surface area contributed by atoms with Crippen molar-refractivity contribution in [1.82, 2.24) is 5.32 Å². The molecular formula is C26H28ClN3O3S2. The minimum Gasteiger partial charge on any atom is -0.451 e. The fourth-order valence-corrected chi connectivity index (χ4v) is 6.11. The molecule has 1 aliphatic rings. The second-order valence-corrected chi connectivity index (χ2v) is 11.8. The zero-order chi connectivity index (χ0) is 25.5. The lowest BCUT2D eigenvalue weighted by Crippen LogP contribution is -2.34. The molecule has 1 atom stereocenters. The number of hydrogen-bond donors (Lipinski definition) is 3. The Morgan fingerprint density at radius 2 is 1.97 bits per heavy atom. The van der Waals surface area contributed by atoms with E-state index < -0.39 is 11.8 Å². The highest BCUT2D eigenvalue weighted by Crippen LogP contribution is 2.44. The quantitative estimate of drug-likeness (QED) is 0.342. The highest BCUT2D eigenvalue weighted by atomic mass is 35.5. The Kier molecular flexibility index (Phi) is 7.09. The third-order valence-electron chi connectivity index (χ3n) is 6.48. The lowest BCUT2D eigenvalue weighted by molar-refractivity contribution is 0.0950. The fourth-order valence-electron chi connectivity index (χ4n) is 4.33. The maximum absolute atomic E-state index is 12.7. The molecule has 2 amide bonds. The van der Waals surface area contributed by atoms with Crippen LogP contribution in [0.2, 0.25) is 5.02 Å². The Morgan fingerprint density at radius 1 is 1.23 bits per heavy atom. The summed E-state index contributed by atoms with van der Waals surface area (Å²) in [4.78, 5) is 26.2. The van der Waals surface area contributed by atoms with Crippen LogP contribution in [0.1, 0.15) is 64.1 Å². The predicted molar refractivity (Wildman–Crippen MR) is 145 cm³/mol. The molecule has 0 fully saturated rings. The number of primary amides is 1. The summed E-state index contributed by atoms with van der Waals surface area (Å²) < 4.78 is 5.72. The van der Waals surface area contributed by atoms with Crippen LogP contribution in [-0.4, -0.2) is 16.9 Å². The van der Waals surface area contributed by atoms with Gasteiger partial charge < -0.3 is 15.5 Å². The molecule has 1 unspecified atom stereocenters. The Balaban J connectivity index is 1.48. The van der Waals surface area contributed by atoms with Gasteiger partial charge in [-0.3, -0.25) is 14.9 Å². The number of benzene rings is 1. The van der Waals surface area contributed by atoms with Crippen molar-refractivity contribution >= 4 is 57.1 Å². The van der Waals surface area contributed by atoms with Crippen LogP contribution < -0.4 is 16.4 Å². The summed E-state index contributed by atoms with van der Waals surface area (Å²) >= 11 is 13.0. The molecule has 2 heterocycles. The molecule has 6 nitrogen and oxygen atoms in total. The molecular weight excluding hydrogens is 502 g/mol. The highest BCUT2D eigenvalue weighted by molar-refractivity contribution is 7.80. The SMILES string of the molecule is Cc1ccc(-c2ccc(C(=O)NC(=S)Nc3sc4c(c3C(N)=O)CCC(C(C)(C)C)C4)o2)cc1Cl. The van der Waals surface area contributed by atoms with Gasteiger partial charge in [0, 0.05) is 15.5 Å². The number of carbonyl (C=O) groups excluding carboxylic acids is 2. The average molecular weight is 530 g/mol. The molecule has 0 aliphatic heterocycles. The van der Waals surface area contributed by atoms with E-state index in [-0.39, 0.29) is 16.3 Å². The molecule has 184 valence electrons. The molecule has 9 heteroatoms. The number of hydrogen-bond acceptors (Lipinski definition) is 5. The van der Waals surface area contributed by atoms with Crippen molar-refractivity contribution in [1.29, 1.82) is 0 Å². The van der Waals surface area contributed by atoms with Crippen LogP contribution in [0.25, 0.3) is 11.3 Å². The second kappa shape index (κ2) is 9.76. The first-order valence-corrected chi connectivity index (χ1v) is 13.0. The molecule has 4 rings (SSSR count). The molecule has 4 N–H and O–H groups in total. The molecule has 3 aromatic rings. The first-order chi connectivity index (χ1) is 16.4. The standard InChI is InChI=1S/C26H28ClN3O3S2/c1-13-5-6-14(11-17(13)27)18-9-10-19(33-18)23(32)29-25(34)30-24-21(22(28)31)16-8-7-15(26(2,3)4)12-20(16)35-24/h5-6,9-11,15H,7-8,12H2,1-4H3,(H2,28,31)(H2,29,30,32,34). The molecule has 1 aromatic carbocycles. The van der Waals surface area contributed by atoms with Crippen molar-refractivity contribution in [3.8, 4) is 11.3 Å². The summed E-state index contributed by atoms with van der Waals surface area (Å²) in [6.07, 6.45) is 2.69. The number of carbonyl (C=O) groups is 2. The number of thiophene rings is 1. The number of furan rings is 1. The van der Waals surface area contributed by atoms with Crippen LogP contribution in [0.3, 0.4) is 0 Å². The topological polar surface area (TPSA) is 97.4 Å². The van der Waals surface area contributed by atoms with Gasteiger partial charge in [-0.1, -0.05) is 44.5 Å². The summed E-state index contributed by atoms with van der Waals surface area (Å²) in [7, 11) is 0. The summed E-state index contributed by atoms with van der Waals surface area (Å²) in [5.74, 6) is 0.147. The molecule has 0 saturated heterocycles. The number of halogens is 1. The summed E-state index contributed by atoms with van der Waals surface area (Å²) in [6.45, 7) is 8.63. The van der Waals surface area contributed by atoms with Crippen LogP contribution in [0.5, 0.6) is 0 Å². The fraction of sp³-hybridized carbons (Fsp3) is 0.346. The van der Waals surface area contributed by atoms with Crippen molar-refractivity contribution < 1.29 is 14.0 Å². The van der Waals surface area contributed by atoms with E-state index in [1.54, 1.807) is 18.2 Å². The third-order valence-corrected chi connectivity index (χ3v) is 8.26. The van der Waals surface area contributed by atoms with Crippen molar-refractivity contribution in [2.24, 2.45) is 17.1 Å². The number of amides is 2. The zero-order valence-electron chi connectivity index (χ0n) is 20.1. The summed E-state index contributed by atoms with van der Waals surface area (Å²) in [5.41, 5.74) is 9.08. The number of nitrogens with one attached hydrogen (secondary N) is 2. The molecule has 2 aromatic heterocycles. The van der Waals surface area contributed by atoms with Gasteiger partial charge in [-0.25, -0.2) is 0 Å². The maximum Gasteiger partial charge on any atom is 0.293 e. The molecule has 0 saturated carbocycles. The predicted octanol–water partition coefficient (Wildman–Crippen LogP) is 6.35. The van der Waals surface area contributed by atoms with Crippen LogP contribution >= 0.6 is 35.2 Å². The van der Waals surface area contributed by atoms with Gasteiger partial charge in [0.2, 0.25) is 0 Å². The number of nitrogens with two attached hydrogens (primary N) is 1. The first-order valence-electron chi connectivity index (χ1n) is 11.4. The minimum atomic E-state index is -0.499. The lowest BCUT2D eigenvalue weighted by Gasteiger charge is -2.33. The van der Waals surface area contributed by atoms with Gasteiger partial charge in [0.25, 0.3) is 11.8 Å². The van der Waals surface area contributed by atoms with Gasteiger partial charge in [-0.15, -0.1) is 11.3 Å². The van der Waals surface area contributed by atoms with Gasteiger partial charge in [0.05, 0.1) is 5.56 Å². The van der Waals surface area contributed by atoms with E-state index in [9.17, 15) is 9.59 Å². The van der Waals surface area contributed by atoms with E-state index in [2.05, 4.69) is 31.4 Å². The summed E-state index contributed by atoms with van der Waals surface area (Å²) in [5, 5.41) is 6.89. The number of aryl methyl sites for hydroxylation is 1. The van der Waals surface area contributed by atoms with Crippen LogP contribution in [0.15, 0.2) is 34.7 Å². The minimum absolute atomic E-state index is 0.0693. The van der Waals surface area contributed by atoms with Crippen molar-refractivity contribution in [3.05, 3.63) is 62.7 Å². The van der Waals surface area contributed by atoms with E-state index in [0.29, 0.717) is 27.3 Å². The Morgan fingerprint density at radius 3 is 2.63 bits per heavy atom. The van der Waals surface area contributed by atoms with E-state index in [1.165, 1.54) is 11.3 Å². The summed E-state index contributed by atoms with van der Waals surface area (Å²) in [6, 6.07) is 8.84. The number of rotatable bonds is 4. The zero-order valence-corrected chi connectivity index (χ0v) is 22.5. The number of anilines is 1.